The number of hydrogen-bond acceptors (Lipinski definition) is 6. The quantitative estimate of drug-likeness (QED) is 0.607. The minimum absolute atomic E-state index is 0. The highest BCUT2D eigenvalue weighted by molar-refractivity contribution is 6.33. The molecule has 0 saturated carbocycles. The number of nitrogen functional groups attached to an aromatic ring is 1. The van der Waals surface area contributed by atoms with Crippen molar-refractivity contribution in [2.45, 2.75) is 37.8 Å². The van der Waals surface area contributed by atoms with Gasteiger partial charge in [0.1, 0.15) is 6.61 Å². The van der Waals surface area contributed by atoms with Crippen molar-refractivity contribution < 1.29 is 24.1 Å². The predicted octanol–water partition coefficient (Wildman–Crippen LogP) is 2.52. The van der Waals surface area contributed by atoms with Crippen LogP contribution in [-0.2, 0) is 16.0 Å². The van der Waals surface area contributed by atoms with Gasteiger partial charge in [-0.05, 0) is 49.8 Å². The summed E-state index contributed by atoms with van der Waals surface area (Å²) in [6.45, 7) is 1.66. The third-order valence-corrected chi connectivity index (χ3v) is 5.31. The number of nitrogens with two attached hydrogens (primary N) is 1. The van der Waals surface area contributed by atoms with Gasteiger partial charge < -0.3 is 30.4 Å². The van der Waals surface area contributed by atoms with E-state index in [-0.39, 0.29) is 30.5 Å². The number of nitrogens with one attached hydrogen (secondary N) is 1. The molecule has 2 aliphatic rings. The molecule has 1 fully saturated rings. The van der Waals surface area contributed by atoms with Crippen molar-refractivity contribution in [1.82, 2.24) is 5.32 Å². The lowest BCUT2D eigenvalue weighted by Crippen LogP contribution is -2.39. The maximum absolute atomic E-state index is 11.2. The summed E-state index contributed by atoms with van der Waals surface area (Å²) in [4.78, 5) is 11.2. The number of benzene rings is 1. The van der Waals surface area contributed by atoms with Crippen LogP contribution in [0.15, 0.2) is 6.07 Å². The second-order valence-electron chi connectivity index (χ2n) is 6.87. The molecule has 152 valence electrons. The van der Waals surface area contributed by atoms with Gasteiger partial charge in [0.15, 0.2) is 11.5 Å². The molecule has 0 spiro atoms. The van der Waals surface area contributed by atoms with Crippen LogP contribution in [0.25, 0.3) is 0 Å². The van der Waals surface area contributed by atoms with Gasteiger partial charge in [-0.15, -0.1) is 12.4 Å². The SMILES string of the molecule is COCCC1CC(Cc2cc(Cl)c(N)c3c2OCC(C(=O)O)O3)CCN1.Cl. The molecule has 7 nitrogen and oxygen atoms in total. The van der Waals surface area contributed by atoms with Crippen molar-refractivity contribution in [1.29, 1.82) is 0 Å². The minimum atomic E-state index is -1.09. The van der Waals surface area contributed by atoms with Crippen molar-refractivity contribution in [3.05, 3.63) is 16.7 Å². The summed E-state index contributed by atoms with van der Waals surface area (Å²) in [7, 11) is 1.71. The van der Waals surface area contributed by atoms with Gasteiger partial charge in [0.2, 0.25) is 6.10 Å². The molecule has 0 radical (unpaired) electrons. The number of aliphatic carboxylic acids is 1. The number of anilines is 1. The Morgan fingerprint density at radius 2 is 2.26 bits per heavy atom. The molecule has 0 aliphatic carbocycles. The summed E-state index contributed by atoms with van der Waals surface area (Å²) in [6.07, 6.45) is 2.79. The zero-order valence-corrected chi connectivity index (χ0v) is 16.8. The maximum Gasteiger partial charge on any atom is 0.348 e. The van der Waals surface area contributed by atoms with Gasteiger partial charge in [0.25, 0.3) is 0 Å². The fourth-order valence-corrected chi connectivity index (χ4v) is 3.85. The van der Waals surface area contributed by atoms with Gasteiger partial charge >= 0.3 is 5.97 Å². The molecule has 27 heavy (non-hydrogen) atoms. The minimum Gasteiger partial charge on any atom is -0.485 e. The molecule has 9 heteroatoms. The number of ether oxygens (including phenoxy) is 3. The third-order valence-electron chi connectivity index (χ3n) is 5.00. The fraction of sp³-hybridized carbons (Fsp3) is 0.611. The fourth-order valence-electron chi connectivity index (χ4n) is 3.63. The Balaban J connectivity index is 0.00000261. The number of methoxy groups -OCH3 is 1. The maximum atomic E-state index is 11.2. The molecule has 2 heterocycles. The number of rotatable bonds is 6. The summed E-state index contributed by atoms with van der Waals surface area (Å²) < 4.78 is 16.4. The van der Waals surface area contributed by atoms with Crippen molar-refractivity contribution in [3.8, 4) is 11.5 Å². The Hall–Kier alpha value is -1.41. The average Bonchev–Trinajstić information content (AvgIpc) is 2.64. The summed E-state index contributed by atoms with van der Waals surface area (Å²) >= 11 is 6.26. The highest BCUT2D eigenvalue weighted by Gasteiger charge is 2.32. The van der Waals surface area contributed by atoms with Gasteiger partial charge in [-0.25, -0.2) is 4.79 Å². The third kappa shape index (κ3) is 5.10. The van der Waals surface area contributed by atoms with E-state index in [0.29, 0.717) is 22.7 Å². The average molecular weight is 421 g/mol. The predicted molar refractivity (Wildman–Crippen MR) is 105 cm³/mol. The highest BCUT2D eigenvalue weighted by Crippen LogP contribution is 2.45. The van der Waals surface area contributed by atoms with Crippen molar-refractivity contribution in [2.24, 2.45) is 5.92 Å². The largest absolute Gasteiger partial charge is 0.485 e. The first-order chi connectivity index (χ1) is 12.5. The molecule has 0 aromatic heterocycles. The van der Waals surface area contributed by atoms with E-state index in [4.69, 9.17) is 36.7 Å². The molecule has 0 bridgehead atoms. The standard InChI is InChI=1S/C18H25ClN2O5.ClH/c1-24-5-3-12-7-10(2-4-21-12)6-11-8-13(19)15(20)17-16(11)25-9-14(26-17)18(22)23;/h8,10,12,14,21H,2-7,9,20H2,1H3,(H,22,23);1H. The molecular formula is C18H26Cl2N2O5. The monoisotopic (exact) mass is 420 g/mol. The number of carbonyl (C=O) groups is 1. The number of hydrogen-bond donors (Lipinski definition) is 3. The second-order valence-corrected chi connectivity index (χ2v) is 7.28. The zero-order chi connectivity index (χ0) is 18.7. The molecule has 1 saturated heterocycles. The van der Waals surface area contributed by atoms with Crippen LogP contribution in [0, 0.1) is 5.92 Å². The lowest BCUT2D eigenvalue weighted by molar-refractivity contribution is -0.147. The van der Waals surface area contributed by atoms with E-state index < -0.39 is 12.1 Å². The second kappa shape index (κ2) is 9.68. The first kappa shape index (κ1) is 21.9. The first-order valence-corrected chi connectivity index (χ1v) is 9.22. The van der Waals surface area contributed by atoms with E-state index >= 15 is 0 Å². The van der Waals surface area contributed by atoms with Crippen molar-refractivity contribution >= 4 is 35.7 Å². The van der Waals surface area contributed by atoms with Crippen LogP contribution in [0.5, 0.6) is 11.5 Å². The van der Waals surface area contributed by atoms with Crippen LogP contribution < -0.4 is 20.5 Å². The van der Waals surface area contributed by atoms with Crippen LogP contribution in [-0.4, -0.2) is 50.1 Å². The molecule has 2 aliphatic heterocycles. The lowest BCUT2D eigenvalue weighted by Gasteiger charge is -2.32. The van der Waals surface area contributed by atoms with Crippen LogP contribution in [0.2, 0.25) is 5.02 Å². The summed E-state index contributed by atoms with van der Waals surface area (Å²) in [6, 6.07) is 2.24. The Morgan fingerprint density at radius 1 is 1.48 bits per heavy atom. The van der Waals surface area contributed by atoms with E-state index in [1.165, 1.54) is 0 Å². The Kier molecular flexibility index (Phi) is 7.85. The molecular weight excluding hydrogens is 395 g/mol. The number of fused-ring (bicyclic) bond motifs is 1. The molecule has 1 aromatic rings. The van der Waals surface area contributed by atoms with Gasteiger partial charge in [-0.3, -0.25) is 0 Å². The van der Waals surface area contributed by atoms with Crippen LogP contribution in [0.4, 0.5) is 5.69 Å². The van der Waals surface area contributed by atoms with Gasteiger partial charge in [0, 0.05) is 19.8 Å². The van der Waals surface area contributed by atoms with E-state index in [1.54, 1.807) is 7.11 Å². The molecule has 1 aromatic carbocycles. The first-order valence-electron chi connectivity index (χ1n) is 8.85. The van der Waals surface area contributed by atoms with Gasteiger partial charge in [-0.1, -0.05) is 11.6 Å². The molecule has 3 rings (SSSR count). The Morgan fingerprint density at radius 3 is 2.96 bits per heavy atom. The number of carboxylic acids is 1. The molecule has 4 N–H and O–H groups in total. The van der Waals surface area contributed by atoms with Crippen molar-refractivity contribution in [3.63, 3.8) is 0 Å². The van der Waals surface area contributed by atoms with E-state index in [9.17, 15) is 4.79 Å². The normalized spacial score (nSPS) is 24.1. The van der Waals surface area contributed by atoms with Crippen LogP contribution >= 0.6 is 24.0 Å². The van der Waals surface area contributed by atoms with Crippen LogP contribution in [0.1, 0.15) is 24.8 Å². The van der Waals surface area contributed by atoms with E-state index in [2.05, 4.69) is 5.32 Å². The smallest absolute Gasteiger partial charge is 0.348 e. The van der Waals surface area contributed by atoms with Gasteiger partial charge in [0.05, 0.1) is 10.7 Å². The Labute approximate surface area is 169 Å². The lowest BCUT2D eigenvalue weighted by atomic mass is 9.86. The Bertz CT molecular complexity index is 674. The van der Waals surface area contributed by atoms with Crippen LogP contribution in [0.3, 0.4) is 0 Å². The van der Waals surface area contributed by atoms with Crippen molar-refractivity contribution in [2.75, 3.05) is 32.6 Å². The van der Waals surface area contributed by atoms with Gasteiger partial charge in [-0.2, -0.15) is 0 Å². The number of carboxylic acid groups (broad SMARTS) is 1. The summed E-state index contributed by atoms with van der Waals surface area (Å²) in [5.41, 5.74) is 7.13. The van der Waals surface area contributed by atoms with E-state index in [1.807, 2.05) is 6.07 Å². The number of piperidine rings is 1. The molecule has 3 atom stereocenters. The topological polar surface area (TPSA) is 103 Å². The summed E-state index contributed by atoms with van der Waals surface area (Å²) in [5.74, 6) is 0.158. The van der Waals surface area contributed by atoms with E-state index in [0.717, 1.165) is 44.4 Å². The summed E-state index contributed by atoms with van der Waals surface area (Å²) in [5, 5.41) is 13.0. The number of halogens is 2. The molecule has 0 amide bonds. The molecule has 3 unspecified atom stereocenters. The highest BCUT2D eigenvalue weighted by atomic mass is 35.5. The zero-order valence-electron chi connectivity index (χ0n) is 15.2.